The molecule has 1 amide bonds. The number of anilines is 1. The first kappa shape index (κ1) is 16.4. The normalized spacial score (nSPS) is 16.0. The predicted molar refractivity (Wildman–Crippen MR) is 90.5 cm³/mol. The molecular formula is C17H18N2O4S. The van der Waals surface area contributed by atoms with Crippen LogP contribution in [0.2, 0.25) is 0 Å². The second kappa shape index (κ2) is 7.00. The molecule has 1 aliphatic rings. The average Bonchev–Trinajstić information content (AvgIpc) is 3.08. The molecule has 1 aliphatic heterocycles. The smallest absolute Gasteiger partial charge is 0.311 e. The number of methoxy groups -OCH3 is 1. The molecule has 0 spiro atoms. The number of likely N-dealkylation sites (N-methyl/N-ethyl adjacent to an activating group) is 1. The largest absolute Gasteiger partial charge is 0.493 e. The first-order valence-corrected chi connectivity index (χ1v) is 8.48. The van der Waals surface area contributed by atoms with Crippen molar-refractivity contribution in [1.29, 1.82) is 0 Å². The maximum Gasteiger partial charge on any atom is 0.311 e. The SMILES string of the molecule is COC(=O)Cc1csc(N(C)C(=O)[C@@H]2CCOc3ccccc32)n1. The minimum Gasteiger partial charge on any atom is -0.493 e. The molecule has 126 valence electrons. The molecule has 3 rings (SSSR count). The van der Waals surface area contributed by atoms with Gasteiger partial charge in [0.1, 0.15) is 5.75 Å². The van der Waals surface area contributed by atoms with Crippen LogP contribution in [-0.2, 0) is 20.7 Å². The van der Waals surface area contributed by atoms with Crippen molar-refractivity contribution in [2.75, 3.05) is 25.7 Å². The number of para-hydroxylation sites is 1. The van der Waals surface area contributed by atoms with Gasteiger partial charge in [-0.05, 0) is 12.5 Å². The van der Waals surface area contributed by atoms with E-state index in [9.17, 15) is 9.59 Å². The molecule has 0 radical (unpaired) electrons. The maximum atomic E-state index is 12.9. The Labute approximate surface area is 144 Å². The van der Waals surface area contributed by atoms with E-state index in [4.69, 9.17) is 4.74 Å². The number of carbonyl (C=O) groups excluding carboxylic acids is 2. The van der Waals surface area contributed by atoms with Crippen LogP contribution in [0.15, 0.2) is 29.6 Å². The zero-order chi connectivity index (χ0) is 17.1. The van der Waals surface area contributed by atoms with Gasteiger partial charge in [-0.25, -0.2) is 4.98 Å². The number of hydrogen-bond donors (Lipinski definition) is 0. The molecule has 0 saturated heterocycles. The van der Waals surface area contributed by atoms with Crippen molar-refractivity contribution in [3.8, 4) is 5.75 Å². The molecule has 0 fully saturated rings. The van der Waals surface area contributed by atoms with Crippen LogP contribution < -0.4 is 9.64 Å². The van der Waals surface area contributed by atoms with E-state index in [-0.39, 0.29) is 24.2 Å². The lowest BCUT2D eigenvalue weighted by Crippen LogP contribution is -2.34. The summed E-state index contributed by atoms with van der Waals surface area (Å²) in [5.41, 5.74) is 1.51. The van der Waals surface area contributed by atoms with Crippen LogP contribution in [-0.4, -0.2) is 37.6 Å². The summed E-state index contributed by atoms with van der Waals surface area (Å²) in [5, 5.41) is 2.34. The van der Waals surface area contributed by atoms with Gasteiger partial charge in [0.05, 0.1) is 31.7 Å². The van der Waals surface area contributed by atoms with Gasteiger partial charge in [0.15, 0.2) is 5.13 Å². The van der Waals surface area contributed by atoms with Crippen molar-refractivity contribution in [2.45, 2.75) is 18.8 Å². The van der Waals surface area contributed by atoms with E-state index in [1.165, 1.54) is 18.4 Å². The van der Waals surface area contributed by atoms with E-state index in [2.05, 4.69) is 9.72 Å². The summed E-state index contributed by atoms with van der Waals surface area (Å²) < 4.78 is 10.3. The molecule has 7 heteroatoms. The number of aromatic nitrogens is 1. The number of thiazole rings is 1. The third kappa shape index (κ3) is 3.26. The molecule has 6 nitrogen and oxygen atoms in total. The lowest BCUT2D eigenvalue weighted by molar-refractivity contribution is -0.139. The van der Waals surface area contributed by atoms with Crippen molar-refractivity contribution in [1.82, 2.24) is 4.98 Å². The van der Waals surface area contributed by atoms with Crippen LogP contribution in [0, 0.1) is 0 Å². The average molecular weight is 346 g/mol. The van der Waals surface area contributed by atoms with Gasteiger partial charge in [0.25, 0.3) is 0 Å². The highest BCUT2D eigenvalue weighted by molar-refractivity contribution is 7.14. The second-order valence-electron chi connectivity index (χ2n) is 5.50. The fraction of sp³-hybridized carbons (Fsp3) is 0.353. The van der Waals surface area contributed by atoms with Crippen LogP contribution in [0.5, 0.6) is 5.75 Å². The first-order chi connectivity index (χ1) is 11.6. The molecule has 0 N–H and O–H groups in total. The van der Waals surface area contributed by atoms with Gasteiger partial charge in [-0.1, -0.05) is 18.2 Å². The Morgan fingerprint density at radius 1 is 1.42 bits per heavy atom. The minimum absolute atomic E-state index is 0.0234. The Morgan fingerprint density at radius 3 is 3.00 bits per heavy atom. The highest BCUT2D eigenvalue weighted by atomic mass is 32.1. The van der Waals surface area contributed by atoms with Gasteiger partial charge in [0.2, 0.25) is 5.91 Å². The molecular weight excluding hydrogens is 328 g/mol. The summed E-state index contributed by atoms with van der Waals surface area (Å²) in [4.78, 5) is 30.1. The Kier molecular flexibility index (Phi) is 4.80. The summed E-state index contributed by atoms with van der Waals surface area (Å²) in [5.74, 6) is 0.151. The van der Waals surface area contributed by atoms with E-state index in [1.54, 1.807) is 17.3 Å². The molecule has 24 heavy (non-hydrogen) atoms. The molecule has 1 aromatic carbocycles. The van der Waals surface area contributed by atoms with E-state index in [0.717, 1.165) is 11.3 Å². The number of amides is 1. The van der Waals surface area contributed by atoms with Gasteiger partial charge < -0.3 is 9.47 Å². The number of benzene rings is 1. The Morgan fingerprint density at radius 2 is 2.21 bits per heavy atom. The number of esters is 1. The van der Waals surface area contributed by atoms with Crippen molar-refractivity contribution >= 4 is 28.3 Å². The number of hydrogen-bond acceptors (Lipinski definition) is 6. The fourth-order valence-electron chi connectivity index (χ4n) is 2.68. The molecule has 0 bridgehead atoms. The Balaban J connectivity index is 1.77. The third-order valence-corrected chi connectivity index (χ3v) is 4.93. The zero-order valence-corrected chi connectivity index (χ0v) is 14.3. The highest BCUT2D eigenvalue weighted by Crippen LogP contribution is 2.35. The fourth-order valence-corrected chi connectivity index (χ4v) is 3.47. The van der Waals surface area contributed by atoms with Crippen LogP contribution in [0.4, 0.5) is 5.13 Å². The summed E-state index contributed by atoms with van der Waals surface area (Å²) in [6.45, 7) is 0.521. The number of fused-ring (bicyclic) bond motifs is 1. The van der Waals surface area contributed by atoms with Gasteiger partial charge in [-0.2, -0.15) is 0 Å². The molecule has 2 aromatic rings. The predicted octanol–water partition coefficient (Wildman–Crippen LogP) is 2.39. The number of rotatable bonds is 4. The van der Waals surface area contributed by atoms with Crippen LogP contribution >= 0.6 is 11.3 Å². The molecule has 0 saturated carbocycles. The number of nitrogens with zero attached hydrogens (tertiary/aromatic N) is 2. The lowest BCUT2D eigenvalue weighted by atomic mass is 9.92. The van der Waals surface area contributed by atoms with Gasteiger partial charge in [-0.15, -0.1) is 11.3 Å². The number of carbonyl (C=O) groups is 2. The molecule has 1 atom stereocenters. The zero-order valence-electron chi connectivity index (χ0n) is 13.5. The van der Waals surface area contributed by atoms with Crippen LogP contribution in [0.3, 0.4) is 0 Å². The summed E-state index contributed by atoms with van der Waals surface area (Å²) >= 11 is 1.34. The second-order valence-corrected chi connectivity index (χ2v) is 6.34. The van der Waals surface area contributed by atoms with Crippen molar-refractivity contribution in [3.63, 3.8) is 0 Å². The topological polar surface area (TPSA) is 68.7 Å². The summed E-state index contributed by atoms with van der Waals surface area (Å²) in [6.07, 6.45) is 0.746. The van der Waals surface area contributed by atoms with Gasteiger partial charge >= 0.3 is 5.97 Å². The van der Waals surface area contributed by atoms with Crippen molar-refractivity contribution in [3.05, 3.63) is 40.9 Å². The van der Waals surface area contributed by atoms with E-state index >= 15 is 0 Å². The summed E-state index contributed by atoms with van der Waals surface area (Å²) in [6, 6.07) is 7.61. The van der Waals surface area contributed by atoms with E-state index in [1.807, 2.05) is 24.3 Å². The van der Waals surface area contributed by atoms with Crippen LogP contribution in [0.1, 0.15) is 23.6 Å². The minimum atomic E-state index is -0.348. The lowest BCUT2D eigenvalue weighted by Gasteiger charge is -2.27. The van der Waals surface area contributed by atoms with Crippen molar-refractivity contribution < 1.29 is 19.1 Å². The van der Waals surface area contributed by atoms with Gasteiger partial charge in [0, 0.05) is 18.0 Å². The molecule has 2 heterocycles. The highest BCUT2D eigenvalue weighted by Gasteiger charge is 2.31. The summed E-state index contributed by atoms with van der Waals surface area (Å²) in [7, 11) is 3.05. The van der Waals surface area contributed by atoms with Gasteiger partial charge in [-0.3, -0.25) is 14.5 Å². The van der Waals surface area contributed by atoms with E-state index in [0.29, 0.717) is 23.9 Å². The monoisotopic (exact) mass is 346 g/mol. The third-order valence-electron chi connectivity index (χ3n) is 3.97. The first-order valence-electron chi connectivity index (χ1n) is 7.60. The number of ether oxygens (including phenoxy) is 2. The Bertz CT molecular complexity index is 759. The quantitative estimate of drug-likeness (QED) is 0.795. The van der Waals surface area contributed by atoms with Crippen molar-refractivity contribution in [2.24, 2.45) is 0 Å². The maximum absolute atomic E-state index is 12.9. The molecule has 0 aliphatic carbocycles. The molecule has 0 unspecified atom stereocenters. The Hall–Kier alpha value is -2.41. The van der Waals surface area contributed by atoms with E-state index < -0.39 is 0 Å². The molecule has 1 aromatic heterocycles. The standard InChI is InChI=1S/C17H18N2O4S/c1-19(17-18-11(10-24-17)9-15(20)22-2)16(21)13-7-8-23-14-6-4-3-5-12(13)14/h3-6,10,13H,7-9H2,1-2H3/t13-/m1/s1. The van der Waals surface area contributed by atoms with Crippen LogP contribution in [0.25, 0.3) is 0 Å².